The van der Waals surface area contributed by atoms with E-state index in [-0.39, 0.29) is 6.42 Å². The fourth-order valence-corrected chi connectivity index (χ4v) is 4.11. The number of carbonyl (C=O) groups excluding carboxylic acids is 1. The van der Waals surface area contributed by atoms with E-state index in [0.29, 0.717) is 16.9 Å². The Balaban J connectivity index is 2.00. The maximum atomic E-state index is 13.9. The molecule has 0 unspecified atom stereocenters. The Morgan fingerprint density at radius 1 is 1.12 bits per heavy atom. The van der Waals surface area contributed by atoms with Gasteiger partial charge in [0.05, 0.1) is 18.8 Å². The minimum absolute atomic E-state index is 0.169. The van der Waals surface area contributed by atoms with E-state index in [2.05, 4.69) is 19.8 Å². The molecule has 1 aromatic heterocycles. The quantitative estimate of drug-likeness (QED) is 0.427. The minimum atomic E-state index is -1.47. The van der Waals surface area contributed by atoms with Crippen LogP contribution in [0.1, 0.15) is 38.1 Å². The van der Waals surface area contributed by atoms with Crippen molar-refractivity contribution in [3.8, 4) is 11.1 Å². The lowest BCUT2D eigenvalue weighted by atomic mass is 9.96. The third-order valence-electron chi connectivity index (χ3n) is 4.96. The van der Waals surface area contributed by atoms with E-state index >= 15 is 0 Å². The molecule has 3 rings (SSSR count). The molecule has 3 aromatic rings. The summed E-state index contributed by atoms with van der Waals surface area (Å²) in [6, 6.07) is 13.4. The molecule has 0 bridgehead atoms. The SMILES string of the molecule is COC(=O)Nc1ccc(-c2cccnc2[C@H](Cc2cc(F)cc(F)c2)N[S@+]([O-])C(C)(C)C)cc1. The first-order chi connectivity index (χ1) is 16.1. The minimum Gasteiger partial charge on any atom is -0.598 e. The number of hydrogen-bond acceptors (Lipinski definition) is 5. The molecule has 0 spiro atoms. The second-order valence-corrected chi connectivity index (χ2v) is 10.7. The van der Waals surface area contributed by atoms with Crippen molar-refractivity contribution in [2.24, 2.45) is 0 Å². The number of halogens is 2. The highest BCUT2D eigenvalue weighted by Gasteiger charge is 2.31. The summed E-state index contributed by atoms with van der Waals surface area (Å²) in [5, 5.41) is 2.59. The number of hydrogen-bond donors (Lipinski definition) is 2. The normalized spacial score (nSPS) is 13.3. The summed E-state index contributed by atoms with van der Waals surface area (Å²) in [5.74, 6) is -1.36. The largest absolute Gasteiger partial charge is 0.598 e. The van der Waals surface area contributed by atoms with E-state index in [1.54, 1.807) is 24.4 Å². The van der Waals surface area contributed by atoms with Crippen LogP contribution in [0.3, 0.4) is 0 Å². The number of amides is 1. The third-order valence-corrected chi connectivity index (χ3v) is 6.57. The van der Waals surface area contributed by atoms with Crippen LogP contribution in [0.2, 0.25) is 0 Å². The Kier molecular flexibility index (Phi) is 8.24. The highest BCUT2D eigenvalue weighted by Crippen LogP contribution is 2.31. The van der Waals surface area contributed by atoms with E-state index in [0.717, 1.165) is 17.2 Å². The second kappa shape index (κ2) is 10.9. The monoisotopic (exact) mass is 487 g/mol. The Morgan fingerprint density at radius 3 is 2.35 bits per heavy atom. The molecule has 34 heavy (non-hydrogen) atoms. The number of benzene rings is 2. The van der Waals surface area contributed by atoms with Crippen LogP contribution in [0.5, 0.6) is 0 Å². The predicted molar refractivity (Wildman–Crippen MR) is 130 cm³/mol. The van der Waals surface area contributed by atoms with Crippen LogP contribution in [0, 0.1) is 11.6 Å². The van der Waals surface area contributed by atoms with Gasteiger partial charge in [0.1, 0.15) is 16.4 Å². The Morgan fingerprint density at radius 2 is 1.76 bits per heavy atom. The van der Waals surface area contributed by atoms with Crippen molar-refractivity contribution < 1.29 is 22.9 Å². The molecular weight excluding hydrogens is 460 g/mol. The van der Waals surface area contributed by atoms with Crippen molar-refractivity contribution in [3.63, 3.8) is 0 Å². The van der Waals surface area contributed by atoms with E-state index in [1.165, 1.54) is 19.2 Å². The number of nitrogens with zero attached hydrogens (tertiary/aromatic N) is 1. The molecule has 0 aliphatic rings. The molecule has 0 radical (unpaired) electrons. The smallest absolute Gasteiger partial charge is 0.411 e. The standard InChI is InChI=1S/C25H27F2N3O3S/c1-25(2,3)34(32)30-22(14-16-12-18(26)15-19(27)13-16)23-21(6-5-11-28-23)17-7-9-20(10-8-17)29-24(31)33-4/h5-13,15,22,30H,14H2,1-4H3,(H,29,31)/t22-,34+/m0/s1. The summed E-state index contributed by atoms with van der Waals surface area (Å²) >= 11 is -1.47. The highest BCUT2D eigenvalue weighted by atomic mass is 32.2. The van der Waals surface area contributed by atoms with Crippen molar-refractivity contribution in [3.05, 3.63) is 83.7 Å². The average molecular weight is 488 g/mol. The zero-order valence-electron chi connectivity index (χ0n) is 19.4. The van der Waals surface area contributed by atoms with Crippen LogP contribution in [-0.4, -0.2) is 27.5 Å². The van der Waals surface area contributed by atoms with Crippen molar-refractivity contribution in [1.29, 1.82) is 0 Å². The summed E-state index contributed by atoms with van der Waals surface area (Å²) in [4.78, 5) is 16.0. The van der Waals surface area contributed by atoms with Gasteiger partial charge in [-0.3, -0.25) is 10.3 Å². The van der Waals surface area contributed by atoms with Crippen molar-refractivity contribution in [2.75, 3.05) is 12.4 Å². The number of pyridine rings is 1. The van der Waals surface area contributed by atoms with Crippen molar-refractivity contribution >= 4 is 23.1 Å². The van der Waals surface area contributed by atoms with E-state index in [9.17, 15) is 18.1 Å². The van der Waals surface area contributed by atoms with Crippen LogP contribution >= 0.6 is 0 Å². The maximum Gasteiger partial charge on any atom is 0.411 e. The molecular formula is C25H27F2N3O3S. The molecule has 0 fully saturated rings. The fourth-order valence-electron chi connectivity index (χ4n) is 3.31. The van der Waals surface area contributed by atoms with Crippen molar-refractivity contribution in [1.82, 2.24) is 9.71 Å². The number of nitrogens with one attached hydrogen (secondary N) is 2. The first kappa shape index (κ1) is 25.6. The molecule has 6 nitrogen and oxygen atoms in total. The zero-order chi connectivity index (χ0) is 24.9. The topological polar surface area (TPSA) is 86.3 Å². The van der Waals surface area contributed by atoms with Crippen LogP contribution in [0.15, 0.2) is 60.8 Å². The molecule has 0 aliphatic heterocycles. The van der Waals surface area contributed by atoms with Gasteiger partial charge in [-0.15, -0.1) is 4.72 Å². The van der Waals surface area contributed by atoms with Gasteiger partial charge in [0.2, 0.25) is 0 Å². The van der Waals surface area contributed by atoms with Gasteiger partial charge in [-0.2, -0.15) is 0 Å². The van der Waals surface area contributed by atoms with Crippen LogP contribution < -0.4 is 10.0 Å². The summed E-state index contributed by atoms with van der Waals surface area (Å²) in [6.07, 6.45) is 1.21. The van der Waals surface area contributed by atoms with Gasteiger partial charge in [0, 0.05) is 34.9 Å². The Hall–Kier alpha value is -3.01. The summed E-state index contributed by atoms with van der Waals surface area (Å²) in [7, 11) is 1.28. The van der Waals surface area contributed by atoms with Gasteiger partial charge in [0.15, 0.2) is 0 Å². The molecule has 2 atom stereocenters. The van der Waals surface area contributed by atoms with E-state index in [4.69, 9.17) is 0 Å². The van der Waals surface area contributed by atoms with E-state index < -0.39 is 39.9 Å². The van der Waals surface area contributed by atoms with Gasteiger partial charge in [-0.1, -0.05) is 18.2 Å². The van der Waals surface area contributed by atoms with Crippen molar-refractivity contribution in [2.45, 2.75) is 38.0 Å². The first-order valence-corrected chi connectivity index (χ1v) is 11.7. The Labute approximate surface area is 201 Å². The van der Waals surface area contributed by atoms with E-state index in [1.807, 2.05) is 39.0 Å². The van der Waals surface area contributed by atoms with Gasteiger partial charge in [-0.25, -0.2) is 13.6 Å². The van der Waals surface area contributed by atoms with Crippen LogP contribution in [0.4, 0.5) is 19.3 Å². The summed E-state index contributed by atoms with van der Waals surface area (Å²) in [5.41, 5.74) is 3.11. The number of anilines is 1. The van der Waals surface area contributed by atoms with Gasteiger partial charge < -0.3 is 9.29 Å². The molecule has 1 heterocycles. The summed E-state index contributed by atoms with van der Waals surface area (Å²) < 4.78 is 47.8. The molecule has 0 saturated carbocycles. The zero-order valence-corrected chi connectivity index (χ0v) is 20.2. The lowest BCUT2D eigenvalue weighted by Crippen LogP contribution is -2.42. The first-order valence-electron chi connectivity index (χ1n) is 10.6. The number of ether oxygens (including phenoxy) is 1. The maximum absolute atomic E-state index is 13.9. The molecule has 1 amide bonds. The Bertz CT molecular complexity index is 1120. The predicted octanol–water partition coefficient (Wildman–Crippen LogP) is 5.54. The lowest BCUT2D eigenvalue weighted by Gasteiger charge is -2.28. The van der Waals surface area contributed by atoms with Gasteiger partial charge in [0.25, 0.3) is 0 Å². The molecule has 0 aliphatic carbocycles. The molecule has 2 N–H and O–H groups in total. The molecule has 9 heteroatoms. The second-order valence-electron chi connectivity index (χ2n) is 8.66. The lowest BCUT2D eigenvalue weighted by molar-refractivity contribution is 0.187. The number of rotatable bonds is 7. The number of methoxy groups -OCH3 is 1. The number of aromatic nitrogens is 1. The van der Waals surface area contributed by atoms with Gasteiger partial charge >= 0.3 is 6.09 Å². The van der Waals surface area contributed by atoms with Crippen LogP contribution in [-0.2, 0) is 22.5 Å². The van der Waals surface area contributed by atoms with Crippen LogP contribution in [0.25, 0.3) is 11.1 Å². The summed E-state index contributed by atoms with van der Waals surface area (Å²) in [6.45, 7) is 5.50. The fraction of sp³-hybridized carbons (Fsp3) is 0.280. The van der Waals surface area contributed by atoms with Gasteiger partial charge in [-0.05, 0) is 68.7 Å². The highest BCUT2D eigenvalue weighted by molar-refractivity contribution is 7.90. The molecule has 0 saturated heterocycles. The molecule has 180 valence electrons. The molecule has 2 aromatic carbocycles. The number of carbonyl (C=O) groups is 1. The third kappa shape index (κ3) is 6.75. The average Bonchev–Trinajstić information content (AvgIpc) is 2.77.